The number of ether oxygens (including phenoxy) is 1. The number of carboxylic acids is 1. The second kappa shape index (κ2) is 7.77. The van der Waals surface area contributed by atoms with Crippen LogP contribution in [0.5, 0.6) is 5.75 Å². The van der Waals surface area contributed by atoms with Crippen LogP contribution in [0.15, 0.2) is 17.0 Å². The smallest absolute Gasteiger partial charge is 0.307 e. The molecule has 5 aliphatic rings. The summed E-state index contributed by atoms with van der Waals surface area (Å²) in [5.74, 6) is 0.436. The zero-order chi connectivity index (χ0) is 21.0. The second-order valence-electron chi connectivity index (χ2n) is 10.1. The number of hydrogen-bond donors (Lipinski definition) is 1. The van der Waals surface area contributed by atoms with Crippen LogP contribution in [0.2, 0.25) is 5.02 Å². The Kier molecular flexibility index (Phi) is 5.37. The molecular weight excluding hydrogens is 427 g/mol. The van der Waals surface area contributed by atoms with E-state index >= 15 is 0 Å². The molecule has 1 N–H and O–H groups in total. The molecule has 1 aromatic carbocycles. The van der Waals surface area contributed by atoms with Crippen molar-refractivity contribution in [3.05, 3.63) is 23.0 Å². The van der Waals surface area contributed by atoms with Crippen LogP contribution in [0, 0.1) is 34.9 Å². The summed E-state index contributed by atoms with van der Waals surface area (Å²) in [6, 6.07) is 2.61. The van der Waals surface area contributed by atoms with Gasteiger partial charge in [-0.25, -0.2) is 4.39 Å². The molecule has 4 bridgehead atoms. The lowest BCUT2D eigenvalue weighted by atomic mass is 9.50. The standard InChI is InChI=1S/C23H28ClFO4S/c24-17-7-21(30(28)20-3-1-2-16(20)22(26)27)18(25)8-19(17)29-12-23-9-13-4-14(10-23)6-15(5-13)11-23/h7-8,13-16,20H,1-6,9-12H2,(H,26,27)/t13?,14?,15?,16-,20-,23?,30?/m0/s1. The van der Waals surface area contributed by atoms with Crippen molar-refractivity contribution in [3.8, 4) is 5.75 Å². The van der Waals surface area contributed by atoms with Crippen LogP contribution < -0.4 is 4.74 Å². The molecule has 0 aromatic heterocycles. The van der Waals surface area contributed by atoms with E-state index in [0.29, 0.717) is 31.6 Å². The van der Waals surface area contributed by atoms with Crippen molar-refractivity contribution in [2.45, 2.75) is 67.9 Å². The molecule has 0 radical (unpaired) electrons. The summed E-state index contributed by atoms with van der Waals surface area (Å²) in [5, 5.41) is 9.03. The summed E-state index contributed by atoms with van der Waals surface area (Å²) >= 11 is 6.40. The van der Waals surface area contributed by atoms with Gasteiger partial charge >= 0.3 is 5.97 Å². The summed E-state index contributed by atoms with van der Waals surface area (Å²) in [7, 11) is -1.75. The lowest BCUT2D eigenvalue weighted by molar-refractivity contribution is -0.141. The van der Waals surface area contributed by atoms with Crippen LogP contribution in [0.3, 0.4) is 0 Å². The quantitative estimate of drug-likeness (QED) is 0.622. The Hall–Kier alpha value is -1.14. The van der Waals surface area contributed by atoms with Gasteiger partial charge in [0, 0.05) is 11.5 Å². The Labute approximate surface area is 184 Å². The van der Waals surface area contributed by atoms with Gasteiger partial charge in [-0.2, -0.15) is 0 Å². The Bertz CT molecular complexity index is 853. The predicted octanol–water partition coefficient (Wildman–Crippen LogP) is 5.44. The van der Waals surface area contributed by atoms with Gasteiger partial charge < -0.3 is 9.84 Å². The van der Waals surface area contributed by atoms with Crippen molar-refractivity contribution in [2.24, 2.45) is 29.1 Å². The molecule has 0 spiro atoms. The van der Waals surface area contributed by atoms with E-state index in [1.165, 1.54) is 50.7 Å². The molecule has 1 unspecified atom stereocenters. The van der Waals surface area contributed by atoms with Crippen LogP contribution in [0.1, 0.15) is 57.8 Å². The number of aliphatic carboxylic acids is 1. The average Bonchev–Trinajstić information content (AvgIpc) is 3.17. The number of rotatable bonds is 6. The van der Waals surface area contributed by atoms with Crippen molar-refractivity contribution in [1.82, 2.24) is 0 Å². The van der Waals surface area contributed by atoms with Gasteiger partial charge in [0.15, 0.2) is 0 Å². The number of carbonyl (C=O) groups is 1. The first-order valence-electron chi connectivity index (χ1n) is 11.1. The first kappa shape index (κ1) is 20.7. The van der Waals surface area contributed by atoms with E-state index in [2.05, 4.69) is 0 Å². The van der Waals surface area contributed by atoms with Crippen molar-refractivity contribution >= 4 is 28.4 Å². The van der Waals surface area contributed by atoms with Gasteiger partial charge in [0.25, 0.3) is 0 Å². The summed E-state index contributed by atoms with van der Waals surface area (Å²) in [4.78, 5) is 11.4. The van der Waals surface area contributed by atoms with Gasteiger partial charge in [0.05, 0.1) is 38.5 Å². The minimum absolute atomic E-state index is 0.0136. The third kappa shape index (κ3) is 3.68. The van der Waals surface area contributed by atoms with Gasteiger partial charge in [-0.1, -0.05) is 18.0 Å². The highest BCUT2D eigenvalue weighted by molar-refractivity contribution is 7.85. The molecule has 30 heavy (non-hydrogen) atoms. The highest BCUT2D eigenvalue weighted by Gasteiger charge is 2.51. The molecule has 0 amide bonds. The van der Waals surface area contributed by atoms with Gasteiger partial charge in [-0.3, -0.25) is 9.00 Å². The van der Waals surface area contributed by atoms with E-state index in [-0.39, 0.29) is 15.3 Å². The molecule has 3 atom stereocenters. The van der Waals surface area contributed by atoms with E-state index in [1.807, 2.05) is 0 Å². The van der Waals surface area contributed by atoms with Crippen molar-refractivity contribution in [3.63, 3.8) is 0 Å². The third-order valence-corrected chi connectivity index (χ3v) is 10.1. The third-order valence-electron chi connectivity index (χ3n) is 7.95. The normalized spacial score (nSPS) is 38.0. The maximum atomic E-state index is 14.9. The summed E-state index contributed by atoms with van der Waals surface area (Å²) in [6.07, 6.45) is 9.33. The molecule has 1 aromatic rings. The van der Waals surface area contributed by atoms with E-state index in [4.69, 9.17) is 16.3 Å². The van der Waals surface area contributed by atoms with Crippen LogP contribution in [-0.4, -0.2) is 27.1 Å². The molecule has 5 saturated carbocycles. The van der Waals surface area contributed by atoms with Crippen LogP contribution >= 0.6 is 11.6 Å². The van der Waals surface area contributed by atoms with Crippen LogP contribution in [0.25, 0.3) is 0 Å². The fourth-order valence-electron chi connectivity index (χ4n) is 7.10. The van der Waals surface area contributed by atoms with Crippen molar-refractivity contribution in [1.29, 1.82) is 0 Å². The summed E-state index contributed by atoms with van der Waals surface area (Å²) in [5.41, 5.74) is 0.189. The molecule has 0 saturated heterocycles. The molecule has 7 heteroatoms. The van der Waals surface area contributed by atoms with E-state index in [1.54, 1.807) is 0 Å². The zero-order valence-electron chi connectivity index (χ0n) is 16.9. The maximum absolute atomic E-state index is 14.9. The first-order chi connectivity index (χ1) is 14.3. The summed E-state index contributed by atoms with van der Waals surface area (Å²) < 4.78 is 33.9. The molecule has 0 heterocycles. The largest absolute Gasteiger partial charge is 0.491 e. The predicted molar refractivity (Wildman–Crippen MR) is 113 cm³/mol. The second-order valence-corrected chi connectivity index (χ2v) is 12.2. The number of hydrogen-bond acceptors (Lipinski definition) is 3. The van der Waals surface area contributed by atoms with E-state index in [0.717, 1.165) is 17.8 Å². The van der Waals surface area contributed by atoms with Crippen molar-refractivity contribution < 1.29 is 23.2 Å². The van der Waals surface area contributed by atoms with Crippen LogP contribution in [0.4, 0.5) is 4.39 Å². The maximum Gasteiger partial charge on any atom is 0.307 e. The SMILES string of the molecule is O=C(O)[C@H]1CCC[C@@H]1S(=O)c1cc(Cl)c(OCC23CC4CC(CC(C4)C2)C3)cc1F. The minimum atomic E-state index is -1.75. The minimum Gasteiger partial charge on any atom is -0.491 e. The fourth-order valence-corrected chi connectivity index (χ4v) is 9.13. The monoisotopic (exact) mass is 454 g/mol. The lowest BCUT2D eigenvalue weighted by Crippen LogP contribution is -2.48. The number of carboxylic acid groups (broad SMARTS) is 1. The number of halogens is 2. The molecule has 5 fully saturated rings. The van der Waals surface area contributed by atoms with Crippen LogP contribution in [-0.2, 0) is 15.6 Å². The lowest BCUT2D eigenvalue weighted by Gasteiger charge is -2.56. The molecule has 0 aliphatic heterocycles. The van der Waals surface area contributed by atoms with Gasteiger partial charge in [0.1, 0.15) is 11.6 Å². The Balaban J connectivity index is 1.31. The first-order valence-corrected chi connectivity index (χ1v) is 12.7. The Morgan fingerprint density at radius 3 is 2.40 bits per heavy atom. The summed E-state index contributed by atoms with van der Waals surface area (Å²) in [6.45, 7) is 0.557. The van der Waals surface area contributed by atoms with E-state index < -0.39 is 33.8 Å². The highest BCUT2D eigenvalue weighted by Crippen LogP contribution is 2.60. The zero-order valence-corrected chi connectivity index (χ0v) is 18.5. The van der Waals surface area contributed by atoms with Gasteiger partial charge in [0.2, 0.25) is 0 Å². The van der Waals surface area contributed by atoms with Gasteiger partial charge in [-0.15, -0.1) is 0 Å². The topological polar surface area (TPSA) is 63.6 Å². The Morgan fingerprint density at radius 1 is 1.17 bits per heavy atom. The molecule has 4 nitrogen and oxygen atoms in total. The van der Waals surface area contributed by atoms with E-state index in [9.17, 15) is 18.5 Å². The molecule has 5 aliphatic carbocycles. The number of benzene rings is 1. The average molecular weight is 455 g/mol. The molecule has 6 rings (SSSR count). The molecular formula is C23H28ClFO4S. The van der Waals surface area contributed by atoms with Crippen molar-refractivity contribution in [2.75, 3.05) is 6.61 Å². The highest BCUT2D eigenvalue weighted by atomic mass is 35.5. The Morgan fingerprint density at radius 2 is 1.80 bits per heavy atom. The fraction of sp³-hybridized carbons (Fsp3) is 0.696. The van der Waals surface area contributed by atoms with Gasteiger partial charge in [-0.05, 0) is 75.2 Å². The molecule has 164 valence electrons.